The second-order valence-electron chi connectivity index (χ2n) is 9.49. The van der Waals surface area contributed by atoms with Crippen LogP contribution in [0.15, 0.2) is 59.0 Å². The van der Waals surface area contributed by atoms with Crippen molar-refractivity contribution < 1.29 is 13.6 Å². The monoisotopic (exact) mass is 514 g/mol. The molecule has 0 atom stereocenters. The fraction of sp³-hybridized carbons (Fsp3) is 0.241. The van der Waals surface area contributed by atoms with Crippen molar-refractivity contribution in [2.75, 3.05) is 0 Å². The Bertz CT molecular complexity index is 1550. The van der Waals surface area contributed by atoms with E-state index in [1.807, 2.05) is 18.2 Å². The molecule has 3 aromatic heterocycles. The van der Waals surface area contributed by atoms with Crippen LogP contribution in [0.3, 0.4) is 0 Å². The number of fused-ring (bicyclic) bond motifs is 1. The van der Waals surface area contributed by atoms with Crippen LogP contribution in [0, 0.1) is 18.7 Å². The highest BCUT2D eigenvalue weighted by Crippen LogP contribution is 2.43. The van der Waals surface area contributed by atoms with Gasteiger partial charge in [0.15, 0.2) is 0 Å². The zero-order valence-electron chi connectivity index (χ0n) is 20.9. The van der Waals surface area contributed by atoms with Gasteiger partial charge in [0.1, 0.15) is 5.82 Å². The molecule has 0 aliphatic rings. The minimum Gasteiger partial charge on any atom is -0.421 e. The Labute approximate surface area is 218 Å². The first-order valence-electron chi connectivity index (χ1n) is 12.2. The third kappa shape index (κ3) is 5.15. The van der Waals surface area contributed by atoms with E-state index < -0.39 is 5.91 Å². The summed E-state index contributed by atoms with van der Waals surface area (Å²) in [5, 5.41) is 9.45. The smallest absolute Gasteiger partial charge is 0.251 e. The van der Waals surface area contributed by atoms with Crippen molar-refractivity contribution in [3.05, 3.63) is 88.8 Å². The first-order chi connectivity index (χ1) is 17.8. The molecule has 188 valence electrons. The Morgan fingerprint density at radius 3 is 2.43 bits per heavy atom. The summed E-state index contributed by atoms with van der Waals surface area (Å²) in [6.45, 7) is 5.89. The maximum absolute atomic E-state index is 13.5. The van der Waals surface area contributed by atoms with E-state index >= 15 is 0 Å². The molecule has 1 amide bonds. The molecule has 37 heavy (non-hydrogen) atoms. The zero-order chi connectivity index (χ0) is 26.1. The van der Waals surface area contributed by atoms with Gasteiger partial charge in [0.2, 0.25) is 11.8 Å². The van der Waals surface area contributed by atoms with Gasteiger partial charge in [-0.15, -0.1) is 21.5 Å². The first kappa shape index (κ1) is 24.8. The topological polar surface area (TPSA) is 94.9 Å². The molecule has 0 saturated heterocycles. The van der Waals surface area contributed by atoms with Gasteiger partial charge >= 0.3 is 0 Å². The molecule has 0 saturated carbocycles. The van der Waals surface area contributed by atoms with E-state index in [4.69, 9.17) is 15.1 Å². The predicted octanol–water partition coefficient (Wildman–Crippen LogP) is 6.54. The van der Waals surface area contributed by atoms with Gasteiger partial charge in [0.05, 0.1) is 22.5 Å². The molecule has 5 aromatic rings. The highest BCUT2D eigenvalue weighted by atomic mass is 32.1. The molecule has 2 aromatic carbocycles. The molecule has 0 aliphatic heterocycles. The van der Waals surface area contributed by atoms with Crippen LogP contribution < -0.4 is 5.73 Å². The number of rotatable bonds is 8. The molecule has 6 nitrogen and oxygen atoms in total. The Morgan fingerprint density at radius 1 is 1.03 bits per heavy atom. The molecule has 0 spiro atoms. The van der Waals surface area contributed by atoms with Gasteiger partial charge in [0, 0.05) is 22.1 Å². The molecular weight excluding hydrogens is 487 g/mol. The Balaban J connectivity index is 1.78. The second kappa shape index (κ2) is 10.2. The molecular formula is C29H27FN4O2S. The van der Waals surface area contributed by atoms with Gasteiger partial charge in [-0.2, -0.15) is 0 Å². The van der Waals surface area contributed by atoms with E-state index in [-0.39, 0.29) is 11.7 Å². The van der Waals surface area contributed by atoms with Crippen LogP contribution in [0.1, 0.15) is 47.0 Å². The maximum Gasteiger partial charge on any atom is 0.251 e. The van der Waals surface area contributed by atoms with Crippen LogP contribution in [0.4, 0.5) is 4.39 Å². The highest BCUT2D eigenvalue weighted by Gasteiger charge is 2.29. The number of nitrogens with zero attached hydrogens (tertiary/aromatic N) is 3. The molecule has 0 aliphatic carbocycles. The van der Waals surface area contributed by atoms with E-state index in [0.717, 1.165) is 26.2 Å². The molecule has 0 radical (unpaired) electrons. The number of nitrogens with two attached hydrogens (primary N) is 1. The maximum atomic E-state index is 13.5. The van der Waals surface area contributed by atoms with Crippen LogP contribution in [0.5, 0.6) is 0 Å². The summed E-state index contributed by atoms with van der Waals surface area (Å²) in [7, 11) is 0. The third-order valence-corrected chi connectivity index (χ3v) is 7.30. The summed E-state index contributed by atoms with van der Waals surface area (Å²) in [5.74, 6) is 0.139. The number of carbonyl (C=O) groups is 1. The summed E-state index contributed by atoms with van der Waals surface area (Å²) in [5.41, 5.74) is 10.1. The second-order valence-corrected chi connectivity index (χ2v) is 10.6. The first-order valence-corrected chi connectivity index (χ1v) is 13.0. The molecule has 0 unspecified atom stereocenters. The molecule has 3 heterocycles. The number of pyridine rings is 1. The van der Waals surface area contributed by atoms with Crippen molar-refractivity contribution in [3.63, 3.8) is 0 Å². The molecule has 8 heteroatoms. The fourth-order valence-electron chi connectivity index (χ4n) is 4.56. The van der Waals surface area contributed by atoms with Crippen LogP contribution >= 0.6 is 11.3 Å². The summed E-state index contributed by atoms with van der Waals surface area (Å²) >= 11 is 1.58. The number of carbonyl (C=O) groups excluding carboxylic acids is 1. The van der Waals surface area contributed by atoms with E-state index in [1.54, 1.807) is 30.4 Å². The molecule has 2 N–H and O–H groups in total. The molecule has 0 bridgehead atoms. The van der Waals surface area contributed by atoms with Crippen molar-refractivity contribution >= 4 is 27.3 Å². The molecule has 0 fully saturated rings. The average molecular weight is 515 g/mol. The molecule has 5 rings (SSSR count). The minimum absolute atomic E-state index is 0.252. The van der Waals surface area contributed by atoms with Crippen molar-refractivity contribution in [3.8, 4) is 21.9 Å². The van der Waals surface area contributed by atoms with Gasteiger partial charge in [-0.1, -0.05) is 44.2 Å². The number of halogens is 1. The van der Waals surface area contributed by atoms with E-state index in [2.05, 4.69) is 36.2 Å². The summed E-state index contributed by atoms with van der Waals surface area (Å²) in [6, 6.07) is 16.6. The Morgan fingerprint density at radius 2 is 1.78 bits per heavy atom. The highest BCUT2D eigenvalue weighted by molar-refractivity contribution is 7.22. The number of aromatic nitrogens is 3. The van der Waals surface area contributed by atoms with Gasteiger partial charge in [-0.3, -0.25) is 9.78 Å². The number of primary amides is 1. The van der Waals surface area contributed by atoms with E-state index in [9.17, 15) is 9.18 Å². The lowest BCUT2D eigenvalue weighted by molar-refractivity contribution is 0.0999. The SMILES string of the molecule is Cc1nnc(-c2c(CCc3ccc(F)cc3)nc(CC(C)C)c(C(N)=O)c2-c2cc3ccccc3s2)o1. The van der Waals surface area contributed by atoms with Crippen LogP contribution in [-0.4, -0.2) is 21.1 Å². The minimum atomic E-state index is -0.543. The van der Waals surface area contributed by atoms with Gasteiger partial charge in [0.25, 0.3) is 5.91 Å². The van der Waals surface area contributed by atoms with Gasteiger partial charge < -0.3 is 10.2 Å². The summed E-state index contributed by atoms with van der Waals surface area (Å²) < 4.78 is 20.5. The lowest BCUT2D eigenvalue weighted by Crippen LogP contribution is -2.20. The Kier molecular flexibility index (Phi) is 6.84. The van der Waals surface area contributed by atoms with Crippen molar-refractivity contribution in [2.24, 2.45) is 11.7 Å². The van der Waals surface area contributed by atoms with Crippen molar-refractivity contribution in [1.82, 2.24) is 15.2 Å². The lowest BCUT2D eigenvalue weighted by Gasteiger charge is -2.19. The van der Waals surface area contributed by atoms with Crippen molar-refractivity contribution in [2.45, 2.75) is 40.0 Å². The third-order valence-electron chi connectivity index (χ3n) is 6.17. The number of benzene rings is 2. The van der Waals surface area contributed by atoms with E-state index in [0.29, 0.717) is 53.4 Å². The number of thiophene rings is 1. The predicted molar refractivity (Wildman–Crippen MR) is 144 cm³/mol. The number of hydrogen-bond donors (Lipinski definition) is 1. The van der Waals surface area contributed by atoms with Crippen LogP contribution in [0.2, 0.25) is 0 Å². The van der Waals surface area contributed by atoms with Gasteiger partial charge in [-0.05, 0) is 60.4 Å². The summed E-state index contributed by atoms with van der Waals surface area (Å²) in [6.07, 6.45) is 1.74. The normalized spacial score (nSPS) is 11.5. The van der Waals surface area contributed by atoms with Crippen LogP contribution in [0.25, 0.3) is 32.0 Å². The van der Waals surface area contributed by atoms with Crippen molar-refractivity contribution in [1.29, 1.82) is 0 Å². The lowest BCUT2D eigenvalue weighted by atomic mass is 9.91. The van der Waals surface area contributed by atoms with Crippen LogP contribution in [-0.2, 0) is 19.3 Å². The van der Waals surface area contributed by atoms with Gasteiger partial charge in [-0.25, -0.2) is 4.39 Å². The Hall–Kier alpha value is -3.91. The quantitative estimate of drug-likeness (QED) is 0.254. The number of hydrogen-bond acceptors (Lipinski definition) is 6. The number of amides is 1. The van der Waals surface area contributed by atoms with E-state index in [1.165, 1.54) is 12.1 Å². The standard InChI is InChI=1S/C29H27FN4O2S/c1-16(2)14-22-25(28(31)35)27(24-15-19-6-4-5-7-23(19)37-24)26(29-34-33-17(3)36-29)21(32-22)13-10-18-8-11-20(30)12-9-18/h4-9,11-12,15-16H,10,13-14H2,1-3H3,(H2,31,35). The number of aryl methyl sites for hydroxylation is 3. The zero-order valence-corrected chi connectivity index (χ0v) is 21.7. The summed E-state index contributed by atoms with van der Waals surface area (Å²) in [4.78, 5) is 18.9. The average Bonchev–Trinajstić information content (AvgIpc) is 3.48. The largest absolute Gasteiger partial charge is 0.421 e. The fourth-order valence-corrected chi connectivity index (χ4v) is 5.68.